The molecule has 0 aliphatic carbocycles. The summed E-state index contributed by atoms with van der Waals surface area (Å²) in [5.74, 6) is 0.874. The monoisotopic (exact) mass is 281 g/mol. The highest BCUT2D eigenvalue weighted by Crippen LogP contribution is 2.32. The van der Waals surface area contributed by atoms with Gasteiger partial charge in [0.05, 0.1) is 18.4 Å². The van der Waals surface area contributed by atoms with Crippen molar-refractivity contribution in [2.75, 3.05) is 11.9 Å². The van der Waals surface area contributed by atoms with E-state index in [2.05, 4.69) is 5.32 Å². The van der Waals surface area contributed by atoms with Crippen molar-refractivity contribution in [3.8, 4) is 0 Å². The molecule has 2 N–H and O–H groups in total. The van der Waals surface area contributed by atoms with E-state index in [1.54, 1.807) is 11.0 Å². The molecule has 1 aromatic rings. The predicted molar refractivity (Wildman–Crippen MR) is 65.6 cm³/mol. The Bertz CT molecular complexity index is 412. The summed E-state index contributed by atoms with van der Waals surface area (Å²) in [5.41, 5.74) is 0.673. The van der Waals surface area contributed by atoms with Crippen LogP contribution in [0.2, 0.25) is 0 Å². The fourth-order valence-corrected chi connectivity index (χ4v) is 2.02. The Balaban J connectivity index is 2.26. The van der Waals surface area contributed by atoms with Crippen LogP contribution in [-0.2, 0) is 0 Å². The first-order valence-corrected chi connectivity index (χ1v) is 5.78. The molecule has 88 valence electrons. The first kappa shape index (κ1) is 11.9. The Morgan fingerprint density at radius 2 is 2.25 bits per heavy atom. The maximum Gasteiger partial charge on any atom is 0.207 e. The Morgan fingerprint density at radius 1 is 1.56 bits per heavy atom. The summed E-state index contributed by atoms with van der Waals surface area (Å²) in [5, 5.41) is 11.1. The van der Waals surface area contributed by atoms with E-state index < -0.39 is 3.79 Å². The molecule has 0 fully saturated rings. The lowest BCUT2D eigenvalue weighted by molar-refractivity contribution is 0.348. The minimum Gasteiger partial charge on any atom is -0.448 e. The molecule has 16 heavy (non-hydrogen) atoms. The summed E-state index contributed by atoms with van der Waals surface area (Å²) in [4.78, 5) is 1.67. The van der Waals surface area contributed by atoms with E-state index in [9.17, 15) is 0 Å². The van der Waals surface area contributed by atoms with Gasteiger partial charge in [0.2, 0.25) is 9.68 Å². The fourth-order valence-electron chi connectivity index (χ4n) is 1.63. The fraction of sp³-hybridized carbons (Fsp3) is 0.444. The van der Waals surface area contributed by atoms with E-state index >= 15 is 0 Å². The number of rotatable bonds is 1. The average molecular weight is 283 g/mol. The lowest BCUT2D eigenvalue weighted by atomic mass is 10.2. The summed E-state index contributed by atoms with van der Waals surface area (Å²) in [6.07, 6.45) is 1.37. The Kier molecular flexibility index (Phi) is 2.99. The van der Waals surface area contributed by atoms with E-state index in [1.807, 2.05) is 6.92 Å². The van der Waals surface area contributed by atoms with Crippen LogP contribution < -0.4 is 5.32 Å². The normalized spacial score (nSPS) is 20.6. The van der Waals surface area contributed by atoms with Crippen LogP contribution in [0.3, 0.4) is 0 Å². The number of anilines is 1. The Labute approximate surface area is 108 Å². The minimum absolute atomic E-state index is 0.148. The second-order valence-corrected chi connectivity index (χ2v) is 6.09. The zero-order valence-electron chi connectivity index (χ0n) is 8.43. The zero-order chi connectivity index (χ0) is 11.9. The van der Waals surface area contributed by atoms with Crippen LogP contribution >= 0.6 is 34.8 Å². The van der Waals surface area contributed by atoms with Gasteiger partial charge in [-0.2, -0.15) is 0 Å². The molecule has 0 radical (unpaired) electrons. The van der Waals surface area contributed by atoms with Gasteiger partial charge in [-0.25, -0.2) is 0 Å². The molecule has 0 bridgehead atoms. The zero-order valence-corrected chi connectivity index (χ0v) is 10.7. The summed E-state index contributed by atoms with van der Waals surface area (Å²) in [7, 11) is 0. The highest BCUT2D eigenvalue weighted by atomic mass is 35.6. The molecule has 0 spiro atoms. The Morgan fingerprint density at radius 3 is 2.88 bits per heavy atom. The number of alkyl halides is 3. The summed E-state index contributed by atoms with van der Waals surface area (Å²) in [6, 6.07) is 1.71. The van der Waals surface area contributed by atoms with E-state index in [4.69, 9.17) is 44.6 Å². The maximum absolute atomic E-state index is 8.00. The molecule has 2 rings (SSSR count). The van der Waals surface area contributed by atoms with Gasteiger partial charge in [0.15, 0.2) is 0 Å². The molecule has 1 aliphatic heterocycles. The number of fused-ring (bicyclic) bond motifs is 1. The number of furan rings is 1. The van der Waals surface area contributed by atoms with Gasteiger partial charge in [0, 0.05) is 0 Å². The van der Waals surface area contributed by atoms with Gasteiger partial charge >= 0.3 is 0 Å². The van der Waals surface area contributed by atoms with Gasteiger partial charge in [0.25, 0.3) is 0 Å². The number of nitrogens with zero attached hydrogens (tertiary/aromatic N) is 1. The second-order valence-electron chi connectivity index (χ2n) is 3.58. The second kappa shape index (κ2) is 4.02. The van der Waals surface area contributed by atoms with Crippen molar-refractivity contribution in [3.63, 3.8) is 0 Å². The molecular formula is C9H10Cl3N3O. The SMILES string of the molecule is CC1Nc2occc2C(=N)N1CC(Cl)(Cl)Cl. The molecular weight excluding hydrogens is 272 g/mol. The van der Waals surface area contributed by atoms with Crippen LogP contribution in [0.1, 0.15) is 12.5 Å². The lowest BCUT2D eigenvalue weighted by Gasteiger charge is -2.37. The van der Waals surface area contributed by atoms with Crippen LogP contribution in [0.4, 0.5) is 5.88 Å². The van der Waals surface area contributed by atoms with Crippen LogP contribution in [0, 0.1) is 5.41 Å². The molecule has 0 saturated carbocycles. The first-order chi connectivity index (χ1) is 7.38. The predicted octanol–water partition coefficient (Wildman–Crippen LogP) is 3.05. The molecule has 0 saturated heterocycles. The molecule has 1 unspecified atom stereocenters. The van der Waals surface area contributed by atoms with Gasteiger partial charge in [-0.15, -0.1) is 0 Å². The standard InChI is InChI=1S/C9H10Cl3N3O/c1-5-14-8-6(2-3-16-8)7(13)15(5)4-9(10,11)12/h2-3,5,13-14H,4H2,1H3. The molecule has 0 aromatic carbocycles. The van der Waals surface area contributed by atoms with E-state index in [1.165, 1.54) is 6.26 Å². The highest BCUT2D eigenvalue weighted by Gasteiger charge is 2.34. The third-order valence-electron chi connectivity index (χ3n) is 2.36. The smallest absolute Gasteiger partial charge is 0.207 e. The van der Waals surface area contributed by atoms with Crippen molar-refractivity contribution >= 4 is 46.5 Å². The lowest BCUT2D eigenvalue weighted by Crippen LogP contribution is -2.49. The van der Waals surface area contributed by atoms with E-state index in [-0.39, 0.29) is 12.7 Å². The van der Waals surface area contributed by atoms with Gasteiger partial charge < -0.3 is 14.6 Å². The molecule has 1 atom stereocenters. The van der Waals surface area contributed by atoms with Gasteiger partial charge in [-0.3, -0.25) is 5.41 Å². The van der Waals surface area contributed by atoms with Crippen LogP contribution in [-0.4, -0.2) is 27.2 Å². The molecule has 1 aromatic heterocycles. The maximum atomic E-state index is 8.00. The number of halogens is 3. The number of nitrogens with one attached hydrogen (secondary N) is 2. The van der Waals surface area contributed by atoms with Crippen LogP contribution in [0.25, 0.3) is 0 Å². The first-order valence-electron chi connectivity index (χ1n) is 4.65. The molecule has 2 heterocycles. The number of amidine groups is 1. The van der Waals surface area contributed by atoms with Crippen molar-refractivity contribution in [2.24, 2.45) is 0 Å². The third-order valence-corrected chi connectivity index (χ3v) is 2.72. The van der Waals surface area contributed by atoms with Crippen molar-refractivity contribution in [1.29, 1.82) is 5.41 Å². The molecule has 7 heteroatoms. The molecule has 0 amide bonds. The Hall–Kier alpha value is -0.580. The van der Waals surface area contributed by atoms with Crippen molar-refractivity contribution < 1.29 is 4.42 Å². The van der Waals surface area contributed by atoms with Crippen LogP contribution in [0.5, 0.6) is 0 Å². The van der Waals surface area contributed by atoms with E-state index in [0.29, 0.717) is 17.3 Å². The number of hydrogen-bond donors (Lipinski definition) is 2. The molecule has 1 aliphatic rings. The van der Waals surface area contributed by atoms with Crippen molar-refractivity contribution in [1.82, 2.24) is 4.90 Å². The van der Waals surface area contributed by atoms with Gasteiger partial charge in [0.1, 0.15) is 12.0 Å². The largest absolute Gasteiger partial charge is 0.448 e. The quantitative estimate of drug-likeness (QED) is 0.778. The van der Waals surface area contributed by atoms with Crippen molar-refractivity contribution in [2.45, 2.75) is 16.9 Å². The van der Waals surface area contributed by atoms with Crippen LogP contribution in [0.15, 0.2) is 16.7 Å². The van der Waals surface area contributed by atoms with E-state index in [0.717, 1.165) is 0 Å². The molecule has 4 nitrogen and oxygen atoms in total. The summed E-state index contributed by atoms with van der Waals surface area (Å²) < 4.78 is 3.78. The minimum atomic E-state index is -1.41. The van der Waals surface area contributed by atoms with Gasteiger partial charge in [-0.1, -0.05) is 34.8 Å². The summed E-state index contributed by atoms with van der Waals surface area (Å²) in [6.45, 7) is 2.02. The average Bonchev–Trinajstić information content (AvgIpc) is 2.58. The summed E-state index contributed by atoms with van der Waals surface area (Å²) >= 11 is 17.2. The third kappa shape index (κ3) is 2.24. The van der Waals surface area contributed by atoms with Gasteiger partial charge in [-0.05, 0) is 13.0 Å². The number of hydrogen-bond acceptors (Lipinski definition) is 3. The topological polar surface area (TPSA) is 52.3 Å². The highest BCUT2D eigenvalue weighted by molar-refractivity contribution is 6.67. The van der Waals surface area contributed by atoms with Crippen molar-refractivity contribution in [3.05, 3.63) is 17.9 Å².